The number of furan rings is 1. The Morgan fingerprint density at radius 2 is 1.85 bits per heavy atom. The van der Waals surface area contributed by atoms with E-state index in [9.17, 15) is 19.7 Å². The Balaban J connectivity index is 1.67. The van der Waals surface area contributed by atoms with Gasteiger partial charge in [-0.05, 0) is 61.1 Å². The largest absolute Gasteiger partial charge is 0.457 e. The molecule has 1 fully saturated rings. The Labute approximate surface area is 202 Å². The number of halogens is 2. The lowest BCUT2D eigenvalue weighted by Gasteiger charge is -2.29. The highest BCUT2D eigenvalue weighted by atomic mass is 35.5. The van der Waals surface area contributed by atoms with Gasteiger partial charge in [-0.2, -0.15) is 0 Å². The van der Waals surface area contributed by atoms with E-state index in [4.69, 9.17) is 39.8 Å². The maximum atomic E-state index is 13.1. The molecule has 0 radical (unpaired) electrons. The molecule has 11 heteroatoms. The van der Waals surface area contributed by atoms with Gasteiger partial charge in [0.05, 0.1) is 15.6 Å². The van der Waals surface area contributed by atoms with Gasteiger partial charge in [-0.3, -0.25) is 29.9 Å². The molecule has 2 aromatic carbocycles. The highest BCUT2D eigenvalue weighted by Gasteiger charge is 2.35. The summed E-state index contributed by atoms with van der Waals surface area (Å²) in [6.07, 6.45) is 1.28. The van der Waals surface area contributed by atoms with E-state index >= 15 is 0 Å². The number of rotatable bonds is 4. The molecule has 166 valence electrons. The molecule has 4 rings (SSSR count). The van der Waals surface area contributed by atoms with Crippen LogP contribution in [0.5, 0.6) is 0 Å². The van der Waals surface area contributed by atoms with Crippen LogP contribution < -0.4 is 10.2 Å². The number of carbonyl (C=O) groups is 2. The number of thiocarbonyl (C=S) groups is 1. The zero-order valence-electron chi connectivity index (χ0n) is 16.8. The van der Waals surface area contributed by atoms with Gasteiger partial charge in [0.15, 0.2) is 5.11 Å². The molecule has 1 aliphatic heterocycles. The van der Waals surface area contributed by atoms with Gasteiger partial charge in [0.1, 0.15) is 17.1 Å². The number of hydrogen-bond acceptors (Lipinski definition) is 6. The number of aryl methyl sites for hydroxylation is 1. The zero-order valence-corrected chi connectivity index (χ0v) is 19.1. The SMILES string of the molecule is Cc1ccc(N2C(=O)/C(=C/c3ccc(-c4ccc([N+](=O)[O-])cc4Cl)o3)C(=O)NC2=S)cc1Cl. The van der Waals surface area contributed by atoms with E-state index in [0.29, 0.717) is 22.0 Å². The second kappa shape index (κ2) is 8.78. The summed E-state index contributed by atoms with van der Waals surface area (Å²) in [4.78, 5) is 37.1. The van der Waals surface area contributed by atoms with Crippen molar-refractivity contribution in [1.82, 2.24) is 5.32 Å². The van der Waals surface area contributed by atoms with Crippen molar-refractivity contribution in [3.8, 4) is 11.3 Å². The summed E-state index contributed by atoms with van der Waals surface area (Å²) >= 11 is 17.5. The van der Waals surface area contributed by atoms with Gasteiger partial charge in [0, 0.05) is 22.7 Å². The molecule has 0 unspecified atom stereocenters. The summed E-state index contributed by atoms with van der Waals surface area (Å²) in [7, 11) is 0. The summed E-state index contributed by atoms with van der Waals surface area (Å²) in [6, 6.07) is 12.1. The van der Waals surface area contributed by atoms with Crippen LogP contribution >= 0.6 is 35.4 Å². The van der Waals surface area contributed by atoms with Crippen LogP contribution in [0.4, 0.5) is 11.4 Å². The average Bonchev–Trinajstić information content (AvgIpc) is 3.21. The van der Waals surface area contributed by atoms with Gasteiger partial charge in [0.2, 0.25) is 0 Å². The van der Waals surface area contributed by atoms with Gasteiger partial charge in [-0.25, -0.2) is 0 Å². The van der Waals surface area contributed by atoms with Crippen LogP contribution in [0.2, 0.25) is 10.0 Å². The molecule has 0 saturated carbocycles. The monoisotopic (exact) mass is 501 g/mol. The van der Waals surface area contributed by atoms with Crippen molar-refractivity contribution in [1.29, 1.82) is 0 Å². The number of nitro benzene ring substituents is 1. The first-order valence-electron chi connectivity index (χ1n) is 9.37. The van der Waals surface area contributed by atoms with Crippen LogP contribution in [0.1, 0.15) is 11.3 Å². The third kappa shape index (κ3) is 4.38. The van der Waals surface area contributed by atoms with Crippen LogP contribution in [0.25, 0.3) is 17.4 Å². The van der Waals surface area contributed by atoms with Crippen molar-refractivity contribution in [3.05, 3.63) is 85.6 Å². The van der Waals surface area contributed by atoms with Crippen molar-refractivity contribution in [3.63, 3.8) is 0 Å². The normalized spacial score (nSPS) is 15.2. The minimum Gasteiger partial charge on any atom is -0.457 e. The number of nitro groups is 1. The standard InChI is InChI=1S/C22H13Cl2N3O5S/c1-11-2-3-12(8-17(11)23)26-21(29)16(20(28)25-22(26)33)10-14-5-7-19(32-14)15-6-4-13(27(30)31)9-18(15)24/h2-10H,1H3,(H,25,28,33)/b16-10+. The Morgan fingerprint density at radius 3 is 2.52 bits per heavy atom. The number of nitrogens with one attached hydrogen (secondary N) is 1. The molecule has 1 N–H and O–H groups in total. The fourth-order valence-electron chi connectivity index (χ4n) is 3.15. The smallest absolute Gasteiger partial charge is 0.270 e. The maximum absolute atomic E-state index is 13.1. The van der Waals surface area contributed by atoms with E-state index in [0.717, 1.165) is 5.56 Å². The summed E-state index contributed by atoms with van der Waals surface area (Å²) in [5.41, 5.74) is 1.29. The Hall–Kier alpha value is -3.53. The number of carbonyl (C=O) groups excluding carboxylic acids is 2. The van der Waals surface area contributed by atoms with Crippen molar-refractivity contribution in [2.24, 2.45) is 0 Å². The summed E-state index contributed by atoms with van der Waals surface area (Å²) < 4.78 is 5.72. The van der Waals surface area contributed by atoms with Crippen molar-refractivity contribution in [2.45, 2.75) is 6.92 Å². The highest BCUT2D eigenvalue weighted by Crippen LogP contribution is 2.33. The molecule has 0 atom stereocenters. The predicted molar refractivity (Wildman–Crippen MR) is 128 cm³/mol. The third-order valence-corrected chi connectivity index (χ3v) is 5.86. The minimum atomic E-state index is -0.675. The van der Waals surface area contributed by atoms with Crippen molar-refractivity contribution < 1.29 is 18.9 Å². The number of non-ortho nitro benzene ring substituents is 1. The van der Waals surface area contributed by atoms with Crippen LogP contribution in [0.15, 0.2) is 58.5 Å². The van der Waals surface area contributed by atoms with Crippen LogP contribution in [-0.2, 0) is 9.59 Å². The molecule has 2 amide bonds. The maximum Gasteiger partial charge on any atom is 0.270 e. The third-order valence-electron chi connectivity index (χ3n) is 4.86. The van der Waals surface area contributed by atoms with E-state index < -0.39 is 16.7 Å². The number of anilines is 1. The topological polar surface area (TPSA) is 106 Å². The van der Waals surface area contributed by atoms with Crippen molar-refractivity contribution >= 4 is 69.8 Å². The summed E-state index contributed by atoms with van der Waals surface area (Å²) in [5.74, 6) is -0.809. The van der Waals surface area contributed by atoms with E-state index in [1.807, 2.05) is 6.92 Å². The van der Waals surface area contributed by atoms with E-state index in [1.54, 1.807) is 30.3 Å². The van der Waals surface area contributed by atoms with Crippen LogP contribution in [-0.4, -0.2) is 21.9 Å². The molecule has 8 nitrogen and oxygen atoms in total. The molecule has 0 spiro atoms. The minimum absolute atomic E-state index is 0.0696. The fraction of sp³-hybridized carbons (Fsp3) is 0.0455. The first kappa shape index (κ1) is 22.7. The Kier molecular flexibility index (Phi) is 6.03. The second-order valence-electron chi connectivity index (χ2n) is 7.01. The number of benzene rings is 2. The van der Waals surface area contributed by atoms with Crippen LogP contribution in [0.3, 0.4) is 0 Å². The molecular formula is C22H13Cl2N3O5S. The Bertz CT molecular complexity index is 1380. The first-order valence-corrected chi connectivity index (χ1v) is 10.5. The van der Waals surface area contributed by atoms with E-state index in [1.165, 1.54) is 29.2 Å². The van der Waals surface area contributed by atoms with Gasteiger partial charge in [-0.1, -0.05) is 29.3 Å². The Morgan fingerprint density at radius 1 is 1.09 bits per heavy atom. The van der Waals surface area contributed by atoms with Gasteiger partial charge in [0.25, 0.3) is 17.5 Å². The van der Waals surface area contributed by atoms with Gasteiger partial charge in [-0.15, -0.1) is 0 Å². The lowest BCUT2D eigenvalue weighted by Crippen LogP contribution is -2.54. The fourth-order valence-corrected chi connectivity index (χ4v) is 3.87. The molecule has 1 saturated heterocycles. The van der Waals surface area contributed by atoms with E-state index in [-0.39, 0.29) is 27.2 Å². The number of amides is 2. The quantitative estimate of drug-likeness (QED) is 0.171. The molecule has 1 aromatic heterocycles. The summed E-state index contributed by atoms with van der Waals surface area (Å²) in [5, 5.41) is 13.9. The second-order valence-corrected chi connectivity index (χ2v) is 8.22. The number of nitrogens with zero attached hydrogens (tertiary/aromatic N) is 2. The molecule has 1 aliphatic rings. The molecule has 0 aliphatic carbocycles. The predicted octanol–water partition coefficient (Wildman–Crippen LogP) is 5.30. The molecule has 0 bridgehead atoms. The lowest BCUT2D eigenvalue weighted by molar-refractivity contribution is -0.384. The average molecular weight is 502 g/mol. The van der Waals surface area contributed by atoms with Gasteiger partial charge >= 0.3 is 0 Å². The molecule has 33 heavy (non-hydrogen) atoms. The zero-order chi connectivity index (χ0) is 23.9. The molecule has 3 aromatic rings. The summed E-state index contributed by atoms with van der Waals surface area (Å²) in [6.45, 7) is 1.82. The lowest BCUT2D eigenvalue weighted by atomic mass is 10.1. The number of hydrogen-bond donors (Lipinski definition) is 1. The van der Waals surface area contributed by atoms with Crippen molar-refractivity contribution in [2.75, 3.05) is 4.90 Å². The first-order chi connectivity index (χ1) is 15.7. The van der Waals surface area contributed by atoms with E-state index in [2.05, 4.69) is 5.32 Å². The van der Waals surface area contributed by atoms with Crippen LogP contribution in [0, 0.1) is 17.0 Å². The highest BCUT2D eigenvalue weighted by molar-refractivity contribution is 7.80. The molecular weight excluding hydrogens is 489 g/mol. The van der Waals surface area contributed by atoms with Gasteiger partial charge < -0.3 is 4.42 Å². The molecule has 2 heterocycles.